The van der Waals surface area contributed by atoms with Gasteiger partial charge in [-0.05, 0) is 35.8 Å². The van der Waals surface area contributed by atoms with Gasteiger partial charge in [0.2, 0.25) is 0 Å². The van der Waals surface area contributed by atoms with Gasteiger partial charge in [-0.3, -0.25) is 4.79 Å². The van der Waals surface area contributed by atoms with Gasteiger partial charge in [0.1, 0.15) is 5.60 Å². The Hall–Kier alpha value is -0.520. The summed E-state index contributed by atoms with van der Waals surface area (Å²) in [5, 5.41) is 15.2. The zero-order chi connectivity index (χ0) is 13.0. The van der Waals surface area contributed by atoms with Gasteiger partial charge in [-0.15, -0.1) is 11.3 Å². The Morgan fingerprint density at radius 3 is 2.89 bits per heavy atom. The van der Waals surface area contributed by atoms with E-state index < -0.39 is 5.60 Å². The molecule has 1 aromatic rings. The lowest BCUT2D eigenvalue weighted by molar-refractivity contribution is -0.140. The first-order valence-electron chi connectivity index (χ1n) is 6.24. The molecular formula is C13H19NO2S2. The summed E-state index contributed by atoms with van der Waals surface area (Å²) in [6, 6.07) is 4.09. The molecule has 100 valence electrons. The SMILES string of the molecule is CC(CNC(=O)C1(O)CCSCC1)c1cccs1. The number of rotatable bonds is 4. The molecule has 0 spiro atoms. The number of aliphatic hydroxyl groups is 1. The summed E-state index contributed by atoms with van der Waals surface area (Å²) in [6.45, 7) is 2.68. The summed E-state index contributed by atoms with van der Waals surface area (Å²) in [4.78, 5) is 13.3. The smallest absolute Gasteiger partial charge is 0.252 e. The molecule has 5 heteroatoms. The summed E-state index contributed by atoms with van der Waals surface area (Å²) < 4.78 is 0. The second-order valence-electron chi connectivity index (χ2n) is 4.77. The number of thiophene rings is 1. The first-order chi connectivity index (χ1) is 8.62. The van der Waals surface area contributed by atoms with E-state index in [1.165, 1.54) is 4.88 Å². The molecule has 3 nitrogen and oxygen atoms in total. The molecule has 1 amide bonds. The molecule has 2 rings (SSSR count). The molecule has 1 aliphatic rings. The highest BCUT2D eigenvalue weighted by Gasteiger charge is 2.37. The van der Waals surface area contributed by atoms with Crippen LogP contribution in [0.5, 0.6) is 0 Å². The summed E-state index contributed by atoms with van der Waals surface area (Å²) in [5.74, 6) is 1.83. The normalized spacial score (nSPS) is 20.3. The van der Waals surface area contributed by atoms with E-state index in [0.29, 0.717) is 25.3 Å². The van der Waals surface area contributed by atoms with Gasteiger partial charge in [-0.1, -0.05) is 13.0 Å². The average molecular weight is 285 g/mol. The molecule has 2 N–H and O–H groups in total. The number of nitrogens with one attached hydrogen (secondary N) is 1. The number of amides is 1. The molecule has 1 fully saturated rings. The van der Waals surface area contributed by atoms with Crippen molar-refractivity contribution in [1.82, 2.24) is 5.32 Å². The number of hydrogen-bond acceptors (Lipinski definition) is 4. The van der Waals surface area contributed by atoms with Gasteiger partial charge in [0, 0.05) is 17.3 Å². The third kappa shape index (κ3) is 3.28. The van der Waals surface area contributed by atoms with E-state index in [-0.39, 0.29) is 5.91 Å². The Morgan fingerprint density at radius 1 is 1.56 bits per heavy atom. The van der Waals surface area contributed by atoms with Gasteiger partial charge in [0.05, 0.1) is 0 Å². The van der Waals surface area contributed by atoms with Crippen molar-refractivity contribution in [2.24, 2.45) is 0 Å². The summed E-state index contributed by atoms with van der Waals surface area (Å²) in [5.41, 5.74) is -1.14. The number of carbonyl (C=O) groups excluding carboxylic acids is 1. The molecule has 1 aliphatic heterocycles. The van der Waals surface area contributed by atoms with E-state index in [9.17, 15) is 9.90 Å². The van der Waals surface area contributed by atoms with Crippen LogP contribution >= 0.6 is 23.1 Å². The van der Waals surface area contributed by atoms with Crippen LogP contribution in [0.4, 0.5) is 0 Å². The predicted octanol–water partition coefficient (Wildman–Crippen LogP) is 2.23. The Morgan fingerprint density at radius 2 is 2.28 bits per heavy atom. The first kappa shape index (κ1) is 13.9. The maximum Gasteiger partial charge on any atom is 0.252 e. The zero-order valence-electron chi connectivity index (χ0n) is 10.5. The minimum atomic E-state index is -1.14. The lowest BCUT2D eigenvalue weighted by Gasteiger charge is -2.30. The third-order valence-corrected chi connectivity index (χ3v) is 5.43. The first-order valence-corrected chi connectivity index (χ1v) is 8.27. The fourth-order valence-electron chi connectivity index (χ4n) is 2.02. The van der Waals surface area contributed by atoms with Crippen LogP contribution in [0.1, 0.15) is 30.6 Å². The van der Waals surface area contributed by atoms with Gasteiger partial charge in [0.15, 0.2) is 0 Å². The van der Waals surface area contributed by atoms with Gasteiger partial charge in [0.25, 0.3) is 5.91 Å². The van der Waals surface area contributed by atoms with Crippen molar-refractivity contribution in [2.75, 3.05) is 18.1 Å². The van der Waals surface area contributed by atoms with Crippen molar-refractivity contribution in [3.05, 3.63) is 22.4 Å². The van der Waals surface area contributed by atoms with E-state index in [1.807, 2.05) is 11.4 Å². The van der Waals surface area contributed by atoms with Gasteiger partial charge in [-0.2, -0.15) is 11.8 Å². The summed E-state index contributed by atoms with van der Waals surface area (Å²) in [6.07, 6.45) is 1.13. The minimum Gasteiger partial charge on any atom is -0.380 e. The lowest BCUT2D eigenvalue weighted by Crippen LogP contribution is -2.49. The Kier molecular flexibility index (Phi) is 4.70. The molecule has 1 aromatic heterocycles. The van der Waals surface area contributed by atoms with Gasteiger partial charge >= 0.3 is 0 Å². The van der Waals surface area contributed by atoms with Crippen molar-refractivity contribution in [1.29, 1.82) is 0 Å². The average Bonchev–Trinajstić information content (AvgIpc) is 2.90. The molecule has 0 aromatic carbocycles. The molecule has 18 heavy (non-hydrogen) atoms. The molecule has 0 radical (unpaired) electrons. The molecule has 1 atom stereocenters. The molecule has 0 aliphatic carbocycles. The monoisotopic (exact) mass is 285 g/mol. The van der Waals surface area contributed by atoms with Crippen LogP contribution in [0, 0.1) is 0 Å². The third-order valence-electron chi connectivity index (χ3n) is 3.34. The fraction of sp³-hybridized carbons (Fsp3) is 0.615. The van der Waals surface area contributed by atoms with Crippen LogP contribution in [0.25, 0.3) is 0 Å². The Bertz CT molecular complexity index is 386. The van der Waals surface area contributed by atoms with Crippen LogP contribution in [0.3, 0.4) is 0 Å². The number of carbonyl (C=O) groups is 1. The van der Waals surface area contributed by atoms with Crippen molar-refractivity contribution in [3.8, 4) is 0 Å². The Labute approximate surface area is 116 Å². The fourth-order valence-corrected chi connectivity index (χ4v) is 3.97. The highest BCUT2D eigenvalue weighted by molar-refractivity contribution is 7.99. The van der Waals surface area contributed by atoms with Crippen molar-refractivity contribution in [3.63, 3.8) is 0 Å². The van der Waals surface area contributed by atoms with Crippen molar-refractivity contribution >= 4 is 29.0 Å². The number of thioether (sulfide) groups is 1. The van der Waals surface area contributed by atoms with E-state index in [2.05, 4.69) is 18.3 Å². The van der Waals surface area contributed by atoms with E-state index >= 15 is 0 Å². The topological polar surface area (TPSA) is 49.3 Å². The van der Waals surface area contributed by atoms with Gasteiger partial charge in [-0.25, -0.2) is 0 Å². The predicted molar refractivity (Wildman–Crippen MR) is 77.3 cm³/mol. The van der Waals surface area contributed by atoms with Crippen LogP contribution in [0.2, 0.25) is 0 Å². The summed E-state index contributed by atoms with van der Waals surface area (Å²) >= 11 is 3.50. The van der Waals surface area contributed by atoms with E-state index in [1.54, 1.807) is 23.1 Å². The zero-order valence-corrected chi connectivity index (χ0v) is 12.1. The quantitative estimate of drug-likeness (QED) is 0.892. The van der Waals surface area contributed by atoms with Gasteiger partial charge < -0.3 is 10.4 Å². The number of hydrogen-bond donors (Lipinski definition) is 2. The van der Waals surface area contributed by atoms with Crippen LogP contribution in [-0.4, -0.2) is 34.7 Å². The molecule has 2 heterocycles. The molecule has 0 saturated carbocycles. The molecule has 1 saturated heterocycles. The minimum absolute atomic E-state index is 0.203. The standard InChI is InChI=1S/C13H19NO2S2/c1-10(11-3-2-6-18-11)9-14-12(15)13(16)4-7-17-8-5-13/h2-3,6,10,16H,4-5,7-9H2,1H3,(H,14,15). The largest absolute Gasteiger partial charge is 0.380 e. The highest BCUT2D eigenvalue weighted by atomic mass is 32.2. The summed E-state index contributed by atoms with van der Waals surface area (Å²) in [7, 11) is 0. The van der Waals surface area contributed by atoms with Crippen LogP contribution in [-0.2, 0) is 4.79 Å². The lowest BCUT2D eigenvalue weighted by atomic mass is 9.95. The maximum atomic E-state index is 12.0. The molecule has 1 unspecified atom stereocenters. The van der Waals surface area contributed by atoms with Crippen LogP contribution in [0.15, 0.2) is 17.5 Å². The van der Waals surface area contributed by atoms with Crippen molar-refractivity contribution < 1.29 is 9.90 Å². The Balaban J connectivity index is 1.84. The van der Waals surface area contributed by atoms with E-state index in [4.69, 9.17) is 0 Å². The van der Waals surface area contributed by atoms with Crippen LogP contribution < -0.4 is 5.32 Å². The second-order valence-corrected chi connectivity index (χ2v) is 6.97. The molecule has 0 bridgehead atoms. The van der Waals surface area contributed by atoms with E-state index in [0.717, 1.165) is 11.5 Å². The second kappa shape index (κ2) is 6.08. The molecular weight excluding hydrogens is 266 g/mol. The van der Waals surface area contributed by atoms with Crippen molar-refractivity contribution in [2.45, 2.75) is 31.3 Å². The maximum absolute atomic E-state index is 12.0. The highest BCUT2D eigenvalue weighted by Crippen LogP contribution is 2.27.